The number of nitrogens with one attached hydrogen (secondary N) is 1. The standard InChI is InChI=1S/C20H17BrF3N3/c21-15-7-9-16(10-8-15)27-19-17(6-1-2-11-25-19)18(26-27)13-4-3-5-14(12-13)20(22,23)24/h3-5,7-10,12,25H,1-2,6,11H2. The predicted molar refractivity (Wildman–Crippen MR) is 103 cm³/mol. The van der Waals surface area contributed by atoms with Gasteiger partial charge in [0.2, 0.25) is 0 Å². The fourth-order valence-electron chi connectivity index (χ4n) is 3.35. The second-order valence-corrected chi connectivity index (χ2v) is 7.44. The molecule has 0 saturated carbocycles. The zero-order valence-electron chi connectivity index (χ0n) is 14.4. The van der Waals surface area contributed by atoms with Crippen molar-refractivity contribution in [1.82, 2.24) is 9.78 Å². The van der Waals surface area contributed by atoms with Crippen molar-refractivity contribution in [2.45, 2.75) is 25.4 Å². The zero-order chi connectivity index (χ0) is 19.0. The summed E-state index contributed by atoms with van der Waals surface area (Å²) < 4.78 is 42.2. The smallest absolute Gasteiger partial charge is 0.370 e. The van der Waals surface area contributed by atoms with Gasteiger partial charge in [0.05, 0.1) is 16.9 Å². The van der Waals surface area contributed by atoms with Crippen LogP contribution in [0.3, 0.4) is 0 Å². The van der Waals surface area contributed by atoms with Gasteiger partial charge in [-0.15, -0.1) is 0 Å². The van der Waals surface area contributed by atoms with Gasteiger partial charge in [-0.3, -0.25) is 0 Å². The monoisotopic (exact) mass is 435 g/mol. The molecule has 1 N–H and O–H groups in total. The molecule has 0 bridgehead atoms. The van der Waals surface area contributed by atoms with Gasteiger partial charge in [-0.1, -0.05) is 28.1 Å². The van der Waals surface area contributed by atoms with Crippen LogP contribution in [0.2, 0.25) is 0 Å². The molecule has 140 valence electrons. The van der Waals surface area contributed by atoms with Crippen LogP contribution in [0.25, 0.3) is 16.9 Å². The lowest BCUT2D eigenvalue weighted by Gasteiger charge is -2.09. The summed E-state index contributed by atoms with van der Waals surface area (Å²) in [7, 11) is 0. The first kappa shape index (κ1) is 18.1. The molecule has 3 aromatic rings. The SMILES string of the molecule is FC(F)(F)c1cccc(-c2nn(-c3ccc(Br)cc3)c3c2CCCCN3)c1. The summed E-state index contributed by atoms with van der Waals surface area (Å²) in [4.78, 5) is 0. The number of halogens is 4. The third-order valence-electron chi connectivity index (χ3n) is 4.66. The summed E-state index contributed by atoms with van der Waals surface area (Å²) >= 11 is 3.42. The van der Waals surface area contributed by atoms with Gasteiger partial charge in [-0.05, 0) is 55.7 Å². The highest BCUT2D eigenvalue weighted by Crippen LogP contribution is 2.37. The van der Waals surface area contributed by atoms with E-state index in [1.807, 2.05) is 24.3 Å². The molecule has 0 spiro atoms. The Morgan fingerprint density at radius 2 is 1.81 bits per heavy atom. The molecule has 1 aliphatic heterocycles. The van der Waals surface area contributed by atoms with Crippen molar-refractivity contribution in [3.63, 3.8) is 0 Å². The molecule has 2 aromatic carbocycles. The molecule has 7 heteroatoms. The molecule has 4 rings (SSSR count). The second kappa shape index (κ2) is 7.03. The number of alkyl halides is 3. The molecule has 0 radical (unpaired) electrons. The van der Waals surface area contributed by atoms with Crippen molar-refractivity contribution in [2.24, 2.45) is 0 Å². The molecule has 1 aromatic heterocycles. The van der Waals surface area contributed by atoms with E-state index in [-0.39, 0.29) is 0 Å². The van der Waals surface area contributed by atoms with E-state index in [1.54, 1.807) is 10.7 Å². The summed E-state index contributed by atoms with van der Waals surface area (Å²) in [5, 5.41) is 8.11. The van der Waals surface area contributed by atoms with Crippen LogP contribution in [0.15, 0.2) is 53.0 Å². The van der Waals surface area contributed by atoms with Crippen LogP contribution < -0.4 is 5.32 Å². The first-order valence-corrected chi connectivity index (χ1v) is 9.52. The largest absolute Gasteiger partial charge is 0.416 e. The van der Waals surface area contributed by atoms with E-state index in [0.717, 1.165) is 53.4 Å². The molecule has 0 amide bonds. The molecule has 1 aliphatic rings. The molecule has 2 heterocycles. The Kier molecular flexibility index (Phi) is 4.72. The van der Waals surface area contributed by atoms with Crippen LogP contribution in [0.5, 0.6) is 0 Å². The topological polar surface area (TPSA) is 29.9 Å². The van der Waals surface area contributed by atoms with Crippen molar-refractivity contribution < 1.29 is 13.2 Å². The van der Waals surface area contributed by atoms with Gasteiger partial charge in [0.1, 0.15) is 5.82 Å². The minimum absolute atomic E-state index is 0.487. The van der Waals surface area contributed by atoms with E-state index < -0.39 is 11.7 Å². The van der Waals surface area contributed by atoms with E-state index in [0.29, 0.717) is 11.3 Å². The lowest BCUT2D eigenvalue weighted by Crippen LogP contribution is -2.07. The first-order chi connectivity index (χ1) is 12.9. The van der Waals surface area contributed by atoms with Crippen LogP contribution in [0.4, 0.5) is 19.0 Å². The van der Waals surface area contributed by atoms with Gasteiger partial charge in [0, 0.05) is 22.1 Å². The Balaban J connectivity index is 1.88. The summed E-state index contributed by atoms with van der Waals surface area (Å²) in [5.74, 6) is 0.863. The highest BCUT2D eigenvalue weighted by molar-refractivity contribution is 9.10. The van der Waals surface area contributed by atoms with E-state index in [1.165, 1.54) is 12.1 Å². The van der Waals surface area contributed by atoms with Gasteiger partial charge < -0.3 is 5.32 Å². The van der Waals surface area contributed by atoms with Gasteiger partial charge in [0.15, 0.2) is 0 Å². The number of aromatic nitrogens is 2. The fourth-order valence-corrected chi connectivity index (χ4v) is 3.61. The fraction of sp³-hybridized carbons (Fsp3) is 0.250. The van der Waals surface area contributed by atoms with E-state index in [9.17, 15) is 13.2 Å². The third-order valence-corrected chi connectivity index (χ3v) is 5.19. The highest BCUT2D eigenvalue weighted by atomic mass is 79.9. The van der Waals surface area contributed by atoms with Crippen molar-refractivity contribution in [2.75, 3.05) is 11.9 Å². The van der Waals surface area contributed by atoms with Gasteiger partial charge in [-0.2, -0.15) is 18.3 Å². The number of benzene rings is 2. The lowest BCUT2D eigenvalue weighted by atomic mass is 10.0. The van der Waals surface area contributed by atoms with Crippen molar-refractivity contribution in [1.29, 1.82) is 0 Å². The number of hydrogen-bond donors (Lipinski definition) is 1. The van der Waals surface area contributed by atoms with Crippen LogP contribution in [-0.4, -0.2) is 16.3 Å². The predicted octanol–water partition coefficient (Wildman–Crippen LogP) is 6.07. The van der Waals surface area contributed by atoms with E-state index >= 15 is 0 Å². The average molecular weight is 436 g/mol. The van der Waals surface area contributed by atoms with Crippen LogP contribution in [-0.2, 0) is 12.6 Å². The molecule has 27 heavy (non-hydrogen) atoms. The molecule has 0 unspecified atom stereocenters. The average Bonchev–Trinajstić information content (AvgIpc) is 2.83. The maximum absolute atomic E-state index is 13.2. The molecule has 0 saturated heterocycles. The Hall–Kier alpha value is -2.28. The Bertz CT molecular complexity index is 962. The van der Waals surface area contributed by atoms with E-state index in [4.69, 9.17) is 5.10 Å². The molecule has 0 atom stereocenters. The van der Waals surface area contributed by atoms with Crippen LogP contribution in [0, 0.1) is 0 Å². The molecule has 0 aliphatic carbocycles. The minimum Gasteiger partial charge on any atom is -0.370 e. The van der Waals surface area contributed by atoms with Gasteiger partial charge in [0.25, 0.3) is 0 Å². The van der Waals surface area contributed by atoms with E-state index in [2.05, 4.69) is 21.2 Å². The number of fused-ring (bicyclic) bond motifs is 1. The van der Waals surface area contributed by atoms with Gasteiger partial charge >= 0.3 is 6.18 Å². The lowest BCUT2D eigenvalue weighted by molar-refractivity contribution is -0.137. The highest BCUT2D eigenvalue weighted by Gasteiger charge is 2.31. The summed E-state index contributed by atoms with van der Waals surface area (Å²) in [6.45, 7) is 0.817. The number of anilines is 1. The quantitative estimate of drug-likeness (QED) is 0.529. The Labute approximate surface area is 163 Å². The summed E-state index contributed by atoms with van der Waals surface area (Å²) in [6, 6.07) is 13.1. The van der Waals surface area contributed by atoms with Crippen LogP contribution in [0.1, 0.15) is 24.0 Å². The molecular weight excluding hydrogens is 419 g/mol. The van der Waals surface area contributed by atoms with Crippen molar-refractivity contribution >= 4 is 21.7 Å². The number of rotatable bonds is 2. The number of hydrogen-bond acceptors (Lipinski definition) is 2. The maximum atomic E-state index is 13.2. The number of nitrogens with zero attached hydrogens (tertiary/aromatic N) is 2. The van der Waals surface area contributed by atoms with Crippen molar-refractivity contribution in [3.05, 3.63) is 64.1 Å². The summed E-state index contributed by atoms with van der Waals surface area (Å²) in [6.07, 6.45) is -1.61. The molecular formula is C20H17BrF3N3. The Morgan fingerprint density at radius 3 is 2.56 bits per heavy atom. The Morgan fingerprint density at radius 1 is 1.04 bits per heavy atom. The molecule has 0 fully saturated rings. The first-order valence-electron chi connectivity index (χ1n) is 8.73. The minimum atomic E-state index is -4.38. The summed E-state index contributed by atoms with van der Waals surface area (Å²) in [5.41, 5.74) is 2.26. The van der Waals surface area contributed by atoms with Gasteiger partial charge in [-0.25, -0.2) is 4.68 Å². The maximum Gasteiger partial charge on any atom is 0.416 e. The normalized spacial score (nSPS) is 14.4. The second-order valence-electron chi connectivity index (χ2n) is 6.53. The third kappa shape index (κ3) is 3.60. The van der Waals surface area contributed by atoms with Crippen molar-refractivity contribution in [3.8, 4) is 16.9 Å². The zero-order valence-corrected chi connectivity index (χ0v) is 15.9. The van der Waals surface area contributed by atoms with Crippen LogP contribution >= 0.6 is 15.9 Å². The molecule has 3 nitrogen and oxygen atoms in total.